The summed E-state index contributed by atoms with van der Waals surface area (Å²) in [5.41, 5.74) is 1.25. The summed E-state index contributed by atoms with van der Waals surface area (Å²) in [6.07, 6.45) is 4.18. The molecule has 0 radical (unpaired) electrons. The van der Waals surface area contributed by atoms with E-state index in [0.717, 1.165) is 10.9 Å². The van der Waals surface area contributed by atoms with E-state index < -0.39 is 0 Å². The quantitative estimate of drug-likeness (QED) is 0.601. The Morgan fingerprint density at radius 2 is 1.94 bits per heavy atom. The molecular formula is C15H19BrO2. The molecule has 0 spiro atoms. The molecule has 0 N–H and O–H groups in total. The fourth-order valence-electron chi connectivity index (χ4n) is 1.66. The fraction of sp³-hybridized carbons (Fsp3) is 0.400. The number of allylic oxidation sites excluding steroid dienone is 1. The van der Waals surface area contributed by atoms with Gasteiger partial charge in [-0.2, -0.15) is 0 Å². The van der Waals surface area contributed by atoms with Gasteiger partial charge in [-0.3, -0.25) is 0 Å². The van der Waals surface area contributed by atoms with Gasteiger partial charge in [-0.15, -0.1) is 0 Å². The van der Waals surface area contributed by atoms with Crippen molar-refractivity contribution in [3.05, 3.63) is 46.5 Å². The lowest BCUT2D eigenvalue weighted by molar-refractivity contribution is -0.137. The maximum Gasteiger partial charge on any atom is 0.330 e. The van der Waals surface area contributed by atoms with Crippen LogP contribution in [0.25, 0.3) is 0 Å². The van der Waals surface area contributed by atoms with Crippen LogP contribution in [0.5, 0.6) is 0 Å². The third-order valence-corrected chi connectivity index (χ3v) is 3.32. The van der Waals surface area contributed by atoms with Crippen LogP contribution in [0, 0.1) is 0 Å². The molecule has 3 heteroatoms. The summed E-state index contributed by atoms with van der Waals surface area (Å²) in [6, 6.07) is 8.27. The second-order valence-corrected chi connectivity index (χ2v) is 5.66. The number of hydrogen-bond acceptors (Lipinski definition) is 2. The number of hydrogen-bond donors (Lipinski definition) is 0. The lowest BCUT2D eigenvalue weighted by Crippen LogP contribution is -2.15. The largest absolute Gasteiger partial charge is 0.463 e. The number of benzene rings is 1. The van der Waals surface area contributed by atoms with Gasteiger partial charge >= 0.3 is 5.97 Å². The molecule has 0 bridgehead atoms. The van der Waals surface area contributed by atoms with Gasteiger partial charge < -0.3 is 4.74 Å². The van der Waals surface area contributed by atoms with Crippen LogP contribution in [0.1, 0.15) is 32.8 Å². The van der Waals surface area contributed by atoms with E-state index >= 15 is 0 Å². The summed E-state index contributed by atoms with van der Waals surface area (Å²) in [5, 5.41) is 0. The zero-order valence-corrected chi connectivity index (χ0v) is 12.7. The van der Waals surface area contributed by atoms with Crippen molar-refractivity contribution >= 4 is 21.9 Å². The highest BCUT2D eigenvalue weighted by molar-refractivity contribution is 9.10. The van der Waals surface area contributed by atoms with Crippen molar-refractivity contribution in [2.75, 3.05) is 6.61 Å². The maximum atomic E-state index is 11.2. The van der Waals surface area contributed by atoms with Crippen molar-refractivity contribution in [2.24, 2.45) is 0 Å². The van der Waals surface area contributed by atoms with E-state index in [4.69, 9.17) is 4.74 Å². The first-order valence-corrected chi connectivity index (χ1v) is 6.84. The second kappa shape index (κ2) is 6.74. The van der Waals surface area contributed by atoms with E-state index in [2.05, 4.69) is 41.9 Å². The van der Waals surface area contributed by atoms with Crippen LogP contribution in [0.4, 0.5) is 0 Å². The van der Waals surface area contributed by atoms with Gasteiger partial charge in [0.05, 0.1) is 6.61 Å². The van der Waals surface area contributed by atoms with Crippen LogP contribution in [-0.4, -0.2) is 12.6 Å². The van der Waals surface area contributed by atoms with Crippen molar-refractivity contribution in [2.45, 2.75) is 32.6 Å². The van der Waals surface area contributed by atoms with Gasteiger partial charge in [-0.05, 0) is 36.5 Å². The number of carbonyl (C=O) groups excluding carboxylic acids is 1. The average molecular weight is 311 g/mol. The first kappa shape index (κ1) is 15.0. The Morgan fingerprint density at radius 3 is 2.50 bits per heavy atom. The van der Waals surface area contributed by atoms with E-state index in [1.807, 2.05) is 18.2 Å². The third kappa shape index (κ3) is 4.65. The smallest absolute Gasteiger partial charge is 0.330 e. The summed E-state index contributed by atoms with van der Waals surface area (Å²) in [5.74, 6) is -0.274. The highest BCUT2D eigenvalue weighted by Crippen LogP contribution is 2.28. The molecule has 0 aromatic heterocycles. The molecule has 98 valence electrons. The molecule has 0 saturated carbocycles. The zero-order chi connectivity index (χ0) is 13.6. The first-order chi connectivity index (χ1) is 8.45. The Kier molecular flexibility index (Phi) is 5.60. The van der Waals surface area contributed by atoms with Gasteiger partial charge in [-0.1, -0.05) is 48.0 Å². The summed E-state index contributed by atoms with van der Waals surface area (Å²) in [4.78, 5) is 11.2. The van der Waals surface area contributed by atoms with Gasteiger partial charge in [0.15, 0.2) is 0 Å². The number of ether oxygens (including phenoxy) is 1. The fourth-order valence-corrected chi connectivity index (χ4v) is 1.92. The van der Waals surface area contributed by atoms with Gasteiger partial charge in [0, 0.05) is 10.5 Å². The first-order valence-electron chi connectivity index (χ1n) is 6.05. The SMILES string of the molecule is CCOC(=O)/C=C/CC(C)(C)c1ccc(Br)cc1. The van der Waals surface area contributed by atoms with Crippen LogP contribution in [0.15, 0.2) is 40.9 Å². The Labute approximate surface area is 117 Å². The summed E-state index contributed by atoms with van der Waals surface area (Å²) in [7, 11) is 0. The van der Waals surface area contributed by atoms with Crippen molar-refractivity contribution in [3.63, 3.8) is 0 Å². The Morgan fingerprint density at radius 1 is 1.33 bits per heavy atom. The molecule has 1 aromatic rings. The van der Waals surface area contributed by atoms with Crippen LogP contribution in [-0.2, 0) is 14.9 Å². The average Bonchev–Trinajstić information content (AvgIpc) is 2.29. The monoisotopic (exact) mass is 310 g/mol. The molecule has 0 aliphatic heterocycles. The second-order valence-electron chi connectivity index (χ2n) is 4.75. The van der Waals surface area contributed by atoms with E-state index in [0.29, 0.717) is 6.61 Å². The van der Waals surface area contributed by atoms with E-state index in [-0.39, 0.29) is 11.4 Å². The maximum absolute atomic E-state index is 11.2. The summed E-state index contributed by atoms with van der Waals surface area (Å²) >= 11 is 3.43. The zero-order valence-electron chi connectivity index (χ0n) is 11.1. The molecule has 1 rings (SSSR count). The minimum Gasteiger partial charge on any atom is -0.463 e. The van der Waals surface area contributed by atoms with Crippen LogP contribution in [0.2, 0.25) is 0 Å². The minimum atomic E-state index is -0.274. The molecule has 0 fully saturated rings. The highest BCUT2D eigenvalue weighted by atomic mass is 79.9. The number of esters is 1. The number of carbonyl (C=O) groups is 1. The molecule has 0 atom stereocenters. The molecule has 0 unspecified atom stereocenters. The van der Waals surface area contributed by atoms with E-state index in [1.165, 1.54) is 11.6 Å². The van der Waals surface area contributed by atoms with Crippen molar-refractivity contribution in [1.82, 2.24) is 0 Å². The molecule has 0 aliphatic carbocycles. The van der Waals surface area contributed by atoms with E-state index in [1.54, 1.807) is 6.92 Å². The molecule has 2 nitrogen and oxygen atoms in total. The van der Waals surface area contributed by atoms with Crippen molar-refractivity contribution in [1.29, 1.82) is 0 Å². The van der Waals surface area contributed by atoms with Gasteiger partial charge in [0.2, 0.25) is 0 Å². The van der Waals surface area contributed by atoms with Crippen LogP contribution < -0.4 is 0 Å². The third-order valence-electron chi connectivity index (χ3n) is 2.79. The normalized spacial score (nSPS) is 11.8. The Bertz CT molecular complexity index is 419. The Hall–Kier alpha value is -1.09. The van der Waals surface area contributed by atoms with E-state index in [9.17, 15) is 4.79 Å². The summed E-state index contributed by atoms with van der Waals surface area (Å²) in [6.45, 7) is 6.54. The minimum absolute atomic E-state index is 0.00367. The van der Waals surface area contributed by atoms with Crippen LogP contribution in [0.3, 0.4) is 0 Å². The number of halogens is 1. The number of rotatable bonds is 5. The molecule has 18 heavy (non-hydrogen) atoms. The molecule has 0 aliphatic rings. The predicted molar refractivity (Wildman–Crippen MR) is 77.6 cm³/mol. The molecule has 0 amide bonds. The molecule has 0 saturated heterocycles. The highest BCUT2D eigenvalue weighted by Gasteiger charge is 2.18. The van der Waals surface area contributed by atoms with Crippen LogP contribution >= 0.6 is 15.9 Å². The Balaban J connectivity index is 2.64. The predicted octanol–water partition coefficient (Wildman–Crippen LogP) is 4.24. The van der Waals surface area contributed by atoms with Gasteiger partial charge in [-0.25, -0.2) is 4.79 Å². The van der Waals surface area contributed by atoms with Gasteiger partial charge in [0.1, 0.15) is 0 Å². The van der Waals surface area contributed by atoms with Gasteiger partial charge in [0.25, 0.3) is 0 Å². The standard InChI is InChI=1S/C15H19BrO2/c1-4-18-14(17)6-5-11-15(2,3)12-7-9-13(16)10-8-12/h5-10H,4,11H2,1-3H3/b6-5+. The summed E-state index contributed by atoms with van der Waals surface area (Å²) < 4.78 is 5.92. The topological polar surface area (TPSA) is 26.3 Å². The lowest BCUT2D eigenvalue weighted by atomic mass is 9.81. The molecule has 0 heterocycles. The lowest BCUT2D eigenvalue weighted by Gasteiger charge is -2.23. The van der Waals surface area contributed by atoms with Crippen molar-refractivity contribution in [3.8, 4) is 0 Å². The molecular weight excluding hydrogens is 292 g/mol. The molecule has 1 aromatic carbocycles. The van der Waals surface area contributed by atoms with Crippen molar-refractivity contribution < 1.29 is 9.53 Å².